The van der Waals surface area contributed by atoms with Crippen LogP contribution in [0.2, 0.25) is 5.02 Å². The summed E-state index contributed by atoms with van der Waals surface area (Å²) in [4.78, 5) is 28.9. The Kier molecular flexibility index (Phi) is 6.85. The number of hydrogen-bond acceptors (Lipinski definition) is 4. The molecule has 3 aromatic rings. The molecule has 0 spiro atoms. The number of amides is 1. The molecule has 0 bridgehead atoms. The van der Waals surface area contributed by atoms with Gasteiger partial charge in [0.05, 0.1) is 5.69 Å². The first-order chi connectivity index (χ1) is 15.5. The Labute approximate surface area is 190 Å². The lowest BCUT2D eigenvalue weighted by Gasteiger charge is -2.36. The third-order valence-corrected chi connectivity index (χ3v) is 5.81. The van der Waals surface area contributed by atoms with E-state index in [9.17, 15) is 14.0 Å². The molecule has 1 aliphatic heterocycles. The van der Waals surface area contributed by atoms with Crippen molar-refractivity contribution in [3.8, 4) is 11.3 Å². The van der Waals surface area contributed by atoms with Crippen LogP contribution in [-0.2, 0) is 11.3 Å². The molecule has 2 aromatic carbocycles. The number of aromatic nitrogens is 2. The summed E-state index contributed by atoms with van der Waals surface area (Å²) < 4.78 is 14.5. The van der Waals surface area contributed by atoms with E-state index in [-0.39, 0.29) is 17.3 Å². The fourth-order valence-corrected chi connectivity index (χ4v) is 3.99. The van der Waals surface area contributed by atoms with Crippen molar-refractivity contribution in [1.29, 1.82) is 0 Å². The normalized spacial score (nSPS) is 13.9. The summed E-state index contributed by atoms with van der Waals surface area (Å²) in [5.41, 5.74) is 2.16. The first-order valence-corrected chi connectivity index (χ1v) is 11.0. The zero-order chi connectivity index (χ0) is 22.5. The zero-order valence-electron chi connectivity index (χ0n) is 17.6. The molecule has 1 amide bonds. The van der Waals surface area contributed by atoms with E-state index in [1.54, 1.807) is 18.2 Å². The molecule has 1 fully saturated rings. The van der Waals surface area contributed by atoms with E-state index in [0.717, 1.165) is 24.3 Å². The summed E-state index contributed by atoms with van der Waals surface area (Å²) in [5, 5.41) is 5.07. The molecule has 32 heavy (non-hydrogen) atoms. The minimum absolute atomic E-state index is 0.0819. The lowest BCUT2D eigenvalue weighted by molar-refractivity contribution is -0.131. The highest BCUT2D eigenvalue weighted by Crippen LogP contribution is 2.21. The topological polar surface area (TPSA) is 58.4 Å². The predicted molar refractivity (Wildman–Crippen MR) is 123 cm³/mol. The molecular formula is C24H24ClFN4O2. The monoisotopic (exact) mass is 454 g/mol. The molecule has 4 rings (SSSR count). The van der Waals surface area contributed by atoms with Crippen LogP contribution in [0.5, 0.6) is 0 Å². The van der Waals surface area contributed by atoms with Crippen molar-refractivity contribution in [2.75, 3.05) is 31.1 Å². The van der Waals surface area contributed by atoms with Gasteiger partial charge in [-0.2, -0.15) is 5.10 Å². The molecule has 0 N–H and O–H groups in total. The lowest BCUT2D eigenvalue weighted by atomic mass is 10.1. The number of piperazine rings is 1. The highest BCUT2D eigenvalue weighted by molar-refractivity contribution is 6.30. The maximum Gasteiger partial charge on any atom is 0.266 e. The molecule has 2 heterocycles. The van der Waals surface area contributed by atoms with Crippen molar-refractivity contribution in [2.45, 2.75) is 19.4 Å². The average Bonchev–Trinajstić information content (AvgIpc) is 2.81. The SMILES string of the molecule is O=C(CCCn1nc(-c2ccc(F)cc2)ccc1=O)N1CCN(c2cccc(Cl)c2)CC1. The van der Waals surface area contributed by atoms with Crippen molar-refractivity contribution in [1.82, 2.24) is 14.7 Å². The molecule has 0 atom stereocenters. The van der Waals surface area contributed by atoms with Crippen LogP contribution in [0.4, 0.5) is 10.1 Å². The fraction of sp³-hybridized carbons (Fsp3) is 0.292. The number of anilines is 1. The molecule has 0 unspecified atom stereocenters. The van der Waals surface area contributed by atoms with Crippen LogP contribution in [0.25, 0.3) is 11.3 Å². The smallest absolute Gasteiger partial charge is 0.266 e. The van der Waals surface area contributed by atoms with Crippen molar-refractivity contribution in [2.24, 2.45) is 0 Å². The number of rotatable bonds is 6. The maximum absolute atomic E-state index is 13.1. The van der Waals surface area contributed by atoms with Gasteiger partial charge in [-0.15, -0.1) is 0 Å². The second kappa shape index (κ2) is 9.96. The third kappa shape index (κ3) is 5.34. The maximum atomic E-state index is 13.1. The van der Waals surface area contributed by atoms with Crippen LogP contribution in [0.15, 0.2) is 65.5 Å². The van der Waals surface area contributed by atoms with Gasteiger partial charge in [0, 0.05) is 61.5 Å². The number of carbonyl (C=O) groups excluding carboxylic acids is 1. The van der Waals surface area contributed by atoms with E-state index in [1.165, 1.54) is 22.9 Å². The van der Waals surface area contributed by atoms with Gasteiger partial charge in [-0.1, -0.05) is 17.7 Å². The van der Waals surface area contributed by atoms with Crippen LogP contribution in [0.1, 0.15) is 12.8 Å². The highest BCUT2D eigenvalue weighted by atomic mass is 35.5. The number of hydrogen-bond donors (Lipinski definition) is 0. The Bertz CT molecular complexity index is 1140. The minimum atomic E-state index is -0.325. The number of halogens is 2. The van der Waals surface area contributed by atoms with Crippen LogP contribution >= 0.6 is 11.6 Å². The largest absolute Gasteiger partial charge is 0.368 e. The number of carbonyl (C=O) groups is 1. The standard InChI is InChI=1S/C24H24ClFN4O2/c25-19-3-1-4-21(17-19)28-13-15-29(16-14-28)23(31)5-2-12-30-24(32)11-10-22(27-30)18-6-8-20(26)9-7-18/h1,3-4,6-11,17H,2,5,12-16H2. The summed E-state index contributed by atoms with van der Waals surface area (Å²) in [7, 11) is 0. The van der Waals surface area contributed by atoms with E-state index in [4.69, 9.17) is 11.6 Å². The van der Waals surface area contributed by atoms with Gasteiger partial charge in [0.15, 0.2) is 0 Å². The highest BCUT2D eigenvalue weighted by Gasteiger charge is 2.21. The molecule has 0 aliphatic carbocycles. The van der Waals surface area contributed by atoms with E-state index in [0.29, 0.717) is 43.2 Å². The molecule has 166 valence electrons. The van der Waals surface area contributed by atoms with Gasteiger partial charge in [0.25, 0.3) is 5.56 Å². The van der Waals surface area contributed by atoms with E-state index >= 15 is 0 Å². The second-order valence-electron chi connectivity index (χ2n) is 7.74. The Morgan fingerprint density at radius 3 is 2.47 bits per heavy atom. The second-order valence-corrected chi connectivity index (χ2v) is 8.17. The van der Waals surface area contributed by atoms with Gasteiger partial charge in [-0.05, 0) is 55.0 Å². The Morgan fingerprint density at radius 1 is 1.00 bits per heavy atom. The van der Waals surface area contributed by atoms with Crippen LogP contribution in [0.3, 0.4) is 0 Å². The third-order valence-electron chi connectivity index (χ3n) is 5.57. The van der Waals surface area contributed by atoms with Gasteiger partial charge in [-0.3, -0.25) is 9.59 Å². The van der Waals surface area contributed by atoms with Gasteiger partial charge < -0.3 is 9.80 Å². The minimum Gasteiger partial charge on any atom is -0.368 e. The number of aryl methyl sites for hydroxylation is 1. The van der Waals surface area contributed by atoms with E-state index in [2.05, 4.69) is 10.00 Å². The average molecular weight is 455 g/mol. The van der Waals surface area contributed by atoms with Gasteiger partial charge in [0.2, 0.25) is 5.91 Å². The molecule has 6 nitrogen and oxygen atoms in total. The van der Waals surface area contributed by atoms with Crippen molar-refractivity contribution >= 4 is 23.2 Å². The summed E-state index contributed by atoms with van der Waals surface area (Å²) in [6, 6.07) is 16.8. The number of benzene rings is 2. The van der Waals surface area contributed by atoms with Crippen molar-refractivity contribution in [3.63, 3.8) is 0 Å². The predicted octanol–water partition coefficient (Wildman–Crippen LogP) is 3.83. The van der Waals surface area contributed by atoms with E-state index in [1.807, 2.05) is 29.2 Å². The zero-order valence-corrected chi connectivity index (χ0v) is 18.3. The fourth-order valence-electron chi connectivity index (χ4n) is 3.81. The van der Waals surface area contributed by atoms with Crippen molar-refractivity contribution in [3.05, 3.63) is 81.9 Å². The first-order valence-electron chi connectivity index (χ1n) is 10.6. The number of nitrogens with zero attached hydrogens (tertiary/aromatic N) is 4. The van der Waals surface area contributed by atoms with Gasteiger partial charge in [-0.25, -0.2) is 9.07 Å². The van der Waals surface area contributed by atoms with Crippen LogP contribution < -0.4 is 10.5 Å². The Morgan fingerprint density at radius 2 is 1.75 bits per heavy atom. The summed E-state index contributed by atoms with van der Waals surface area (Å²) in [6.07, 6.45) is 0.874. The lowest BCUT2D eigenvalue weighted by Crippen LogP contribution is -2.48. The summed E-state index contributed by atoms with van der Waals surface area (Å²) in [5.74, 6) is -0.243. The summed E-state index contributed by atoms with van der Waals surface area (Å²) in [6.45, 7) is 3.18. The molecule has 0 saturated carbocycles. The molecule has 0 radical (unpaired) electrons. The van der Waals surface area contributed by atoms with Crippen LogP contribution in [-0.4, -0.2) is 46.8 Å². The van der Waals surface area contributed by atoms with E-state index < -0.39 is 0 Å². The quantitative estimate of drug-likeness (QED) is 0.568. The molecular weight excluding hydrogens is 431 g/mol. The Balaban J connectivity index is 1.29. The molecule has 1 aliphatic rings. The van der Waals surface area contributed by atoms with Gasteiger partial charge in [0.1, 0.15) is 5.82 Å². The van der Waals surface area contributed by atoms with Crippen molar-refractivity contribution < 1.29 is 9.18 Å². The molecule has 1 aromatic heterocycles. The van der Waals surface area contributed by atoms with Gasteiger partial charge >= 0.3 is 0 Å². The summed E-state index contributed by atoms with van der Waals surface area (Å²) >= 11 is 6.08. The molecule has 1 saturated heterocycles. The Hall–Kier alpha value is -3.19. The first kappa shape index (κ1) is 22.0. The van der Waals surface area contributed by atoms with Crippen LogP contribution in [0, 0.1) is 5.82 Å². The molecule has 8 heteroatoms.